The number of aromatic nitrogens is 2. The van der Waals surface area contributed by atoms with Gasteiger partial charge in [-0.05, 0) is 42.0 Å². The molecule has 8 nitrogen and oxygen atoms in total. The van der Waals surface area contributed by atoms with Crippen LogP contribution in [0, 0.1) is 5.92 Å². The Morgan fingerprint density at radius 1 is 1.36 bits per heavy atom. The van der Waals surface area contributed by atoms with E-state index in [1.807, 2.05) is 0 Å². The van der Waals surface area contributed by atoms with Crippen LogP contribution < -0.4 is 11.2 Å². The van der Waals surface area contributed by atoms with Gasteiger partial charge in [0.2, 0.25) is 11.5 Å². The number of nitrogens with one attached hydrogen (secondary N) is 1. The zero-order valence-corrected chi connectivity index (χ0v) is 18.0. The van der Waals surface area contributed by atoms with Crippen molar-refractivity contribution in [3.8, 4) is 0 Å². The lowest BCUT2D eigenvalue weighted by Gasteiger charge is -2.15. The number of halogens is 3. The fraction of sp³-hybridized carbons (Fsp3) is 0.381. The molecule has 3 atom stereocenters. The van der Waals surface area contributed by atoms with Crippen molar-refractivity contribution in [3.05, 3.63) is 63.6 Å². The average Bonchev–Trinajstić information content (AvgIpc) is 3.50. The number of ketones is 1. The van der Waals surface area contributed by atoms with E-state index in [2.05, 4.69) is 20.1 Å². The smallest absolute Gasteiger partial charge is 0.449 e. The molecule has 1 saturated carbocycles. The van der Waals surface area contributed by atoms with Crippen LogP contribution in [0.5, 0.6) is 0 Å². The van der Waals surface area contributed by atoms with E-state index in [1.54, 1.807) is 11.4 Å². The van der Waals surface area contributed by atoms with Gasteiger partial charge in [-0.2, -0.15) is 13.2 Å². The highest BCUT2D eigenvalue weighted by Gasteiger charge is 2.35. The Morgan fingerprint density at radius 2 is 2.18 bits per heavy atom. The number of rotatable bonds is 8. The van der Waals surface area contributed by atoms with E-state index in [0.29, 0.717) is 29.1 Å². The summed E-state index contributed by atoms with van der Waals surface area (Å²) in [4.78, 5) is 26.3. The number of aliphatic hydroxyl groups is 1. The molecule has 0 aliphatic heterocycles. The fourth-order valence-electron chi connectivity index (χ4n) is 3.87. The van der Waals surface area contributed by atoms with Gasteiger partial charge in [-0.1, -0.05) is 0 Å². The quantitative estimate of drug-likeness (QED) is 0.330. The van der Waals surface area contributed by atoms with E-state index in [1.165, 1.54) is 29.9 Å². The standard InChI is InChI=1S/C21H21F3N4O4S/c22-21(23,24)18-2-1-14(32-18)3-11-4-17(33-9-11)19(30)15-7-26-10-27-20(15)28-13-5-12(8-31-25)16(29)6-13/h1-2,4,7,9-10,12-13,16,29H,3,5-6,8,25H2,(H,26,27,28)/t12-,13-,16+/m1/s1. The van der Waals surface area contributed by atoms with Crippen molar-refractivity contribution < 1.29 is 32.3 Å². The third-order valence-electron chi connectivity index (χ3n) is 5.46. The van der Waals surface area contributed by atoms with Crippen LogP contribution in [-0.4, -0.2) is 39.6 Å². The van der Waals surface area contributed by atoms with Gasteiger partial charge in [-0.15, -0.1) is 11.3 Å². The topological polar surface area (TPSA) is 124 Å². The molecule has 176 valence electrons. The van der Waals surface area contributed by atoms with Gasteiger partial charge in [-0.25, -0.2) is 15.9 Å². The highest BCUT2D eigenvalue weighted by Crippen LogP contribution is 2.32. The molecule has 1 aliphatic carbocycles. The van der Waals surface area contributed by atoms with Crippen LogP contribution in [0.1, 0.15) is 45.2 Å². The van der Waals surface area contributed by atoms with Crippen molar-refractivity contribution >= 4 is 22.9 Å². The number of hydrogen-bond acceptors (Lipinski definition) is 9. The third kappa shape index (κ3) is 5.41. The van der Waals surface area contributed by atoms with E-state index in [4.69, 9.17) is 10.3 Å². The largest absolute Gasteiger partial charge is 0.456 e. The van der Waals surface area contributed by atoms with Crippen molar-refractivity contribution in [1.29, 1.82) is 0 Å². The minimum Gasteiger partial charge on any atom is -0.456 e. The summed E-state index contributed by atoms with van der Waals surface area (Å²) in [5.74, 6) is 4.12. The van der Waals surface area contributed by atoms with Crippen molar-refractivity contribution in [3.63, 3.8) is 0 Å². The second kappa shape index (κ2) is 9.59. The van der Waals surface area contributed by atoms with Gasteiger partial charge in [0.15, 0.2) is 0 Å². The summed E-state index contributed by atoms with van der Waals surface area (Å²) < 4.78 is 43.0. The van der Waals surface area contributed by atoms with Gasteiger partial charge in [0.25, 0.3) is 0 Å². The Hall–Kier alpha value is -2.80. The second-order valence-corrected chi connectivity index (χ2v) is 8.76. The summed E-state index contributed by atoms with van der Waals surface area (Å²) in [6.45, 7) is 0.229. The average molecular weight is 482 g/mol. The van der Waals surface area contributed by atoms with Crippen LogP contribution in [0.4, 0.5) is 19.0 Å². The van der Waals surface area contributed by atoms with Crippen LogP contribution in [-0.2, 0) is 17.4 Å². The highest BCUT2D eigenvalue weighted by molar-refractivity contribution is 7.12. The molecule has 3 heterocycles. The first-order valence-corrected chi connectivity index (χ1v) is 11.0. The summed E-state index contributed by atoms with van der Waals surface area (Å²) in [5.41, 5.74) is 0.914. The molecular formula is C21H21F3N4O4S. The van der Waals surface area contributed by atoms with E-state index in [9.17, 15) is 23.1 Å². The molecule has 0 amide bonds. The molecule has 0 unspecified atom stereocenters. The number of furan rings is 1. The molecule has 3 aromatic heterocycles. The van der Waals surface area contributed by atoms with Crippen LogP contribution >= 0.6 is 11.3 Å². The number of anilines is 1. The summed E-state index contributed by atoms with van der Waals surface area (Å²) in [7, 11) is 0. The number of hydrogen-bond donors (Lipinski definition) is 3. The van der Waals surface area contributed by atoms with Crippen LogP contribution in [0.15, 0.2) is 40.5 Å². The number of carbonyl (C=O) groups is 1. The van der Waals surface area contributed by atoms with Crippen LogP contribution in [0.2, 0.25) is 0 Å². The number of thiophene rings is 1. The number of aliphatic hydroxyl groups excluding tert-OH is 1. The van der Waals surface area contributed by atoms with E-state index < -0.39 is 18.0 Å². The van der Waals surface area contributed by atoms with E-state index in [0.717, 1.165) is 6.07 Å². The maximum atomic E-state index is 13.1. The first-order valence-electron chi connectivity index (χ1n) is 10.1. The maximum absolute atomic E-state index is 13.1. The van der Waals surface area contributed by atoms with Crippen LogP contribution in [0.25, 0.3) is 0 Å². The molecule has 1 aliphatic rings. The minimum absolute atomic E-state index is 0.118. The fourth-order valence-corrected chi connectivity index (χ4v) is 4.74. The van der Waals surface area contributed by atoms with Crippen molar-refractivity contribution in [2.75, 3.05) is 11.9 Å². The molecule has 3 aromatic rings. The Kier molecular flexibility index (Phi) is 6.79. The first-order chi connectivity index (χ1) is 15.7. The normalized spacial score (nSPS) is 20.8. The molecule has 12 heteroatoms. The van der Waals surface area contributed by atoms with Gasteiger partial charge in [0.1, 0.15) is 17.9 Å². The van der Waals surface area contributed by atoms with Crippen molar-refractivity contribution in [2.24, 2.45) is 11.8 Å². The summed E-state index contributed by atoms with van der Waals surface area (Å²) in [6, 6.07) is 3.65. The molecule has 0 saturated heterocycles. The van der Waals surface area contributed by atoms with Crippen molar-refractivity contribution in [1.82, 2.24) is 9.97 Å². The summed E-state index contributed by atoms with van der Waals surface area (Å²) in [5, 5.41) is 15.0. The van der Waals surface area contributed by atoms with Crippen LogP contribution in [0.3, 0.4) is 0 Å². The van der Waals surface area contributed by atoms with Gasteiger partial charge < -0.3 is 19.7 Å². The first kappa shape index (κ1) is 23.4. The highest BCUT2D eigenvalue weighted by atomic mass is 32.1. The Morgan fingerprint density at radius 3 is 2.91 bits per heavy atom. The third-order valence-corrected chi connectivity index (χ3v) is 6.44. The number of nitrogens with two attached hydrogens (primary N) is 1. The van der Waals surface area contributed by atoms with Gasteiger partial charge in [-0.3, -0.25) is 4.79 Å². The molecule has 4 rings (SSSR count). The molecule has 0 aromatic carbocycles. The monoisotopic (exact) mass is 482 g/mol. The SMILES string of the molecule is NOC[C@H]1C[C@@H](Nc2ncncc2C(=O)c2cc(Cc3ccc(C(F)(F)F)o3)cs2)C[C@@H]1O. The van der Waals surface area contributed by atoms with Crippen molar-refractivity contribution in [2.45, 2.75) is 37.6 Å². The molecule has 0 spiro atoms. The maximum Gasteiger partial charge on any atom is 0.449 e. The molecule has 4 N–H and O–H groups in total. The number of nitrogens with zero attached hydrogens (tertiary/aromatic N) is 2. The Bertz CT molecular complexity index is 1120. The zero-order valence-electron chi connectivity index (χ0n) is 17.2. The predicted octanol–water partition coefficient (Wildman–Crippen LogP) is 3.41. The second-order valence-electron chi connectivity index (χ2n) is 7.85. The van der Waals surface area contributed by atoms with Gasteiger partial charge in [0, 0.05) is 24.6 Å². The molecular weight excluding hydrogens is 461 g/mol. The molecule has 1 fully saturated rings. The number of alkyl halides is 3. The lowest BCUT2D eigenvalue weighted by Crippen LogP contribution is -2.20. The zero-order chi connectivity index (χ0) is 23.6. The van der Waals surface area contributed by atoms with E-state index >= 15 is 0 Å². The lowest BCUT2D eigenvalue weighted by molar-refractivity contribution is -0.153. The van der Waals surface area contributed by atoms with Gasteiger partial charge >= 0.3 is 6.18 Å². The summed E-state index contributed by atoms with van der Waals surface area (Å²) in [6.07, 6.45) is -1.21. The molecule has 33 heavy (non-hydrogen) atoms. The Labute approximate surface area is 190 Å². The van der Waals surface area contributed by atoms with Gasteiger partial charge in [0.05, 0.1) is 23.2 Å². The summed E-state index contributed by atoms with van der Waals surface area (Å²) >= 11 is 1.18. The predicted molar refractivity (Wildman–Crippen MR) is 113 cm³/mol. The Balaban J connectivity index is 1.46. The molecule has 0 bridgehead atoms. The van der Waals surface area contributed by atoms with E-state index in [-0.39, 0.29) is 42.1 Å². The lowest BCUT2D eigenvalue weighted by atomic mass is 10.1. The number of carbonyl (C=O) groups excluding carboxylic acids is 1. The molecule has 0 radical (unpaired) electrons. The minimum atomic E-state index is -4.54.